The van der Waals surface area contributed by atoms with Gasteiger partial charge in [-0.05, 0) is 31.9 Å². The fourth-order valence-electron chi connectivity index (χ4n) is 3.78. The highest BCUT2D eigenvalue weighted by Gasteiger charge is 2.26. The first-order valence-corrected chi connectivity index (χ1v) is 9.79. The molecule has 1 amide bonds. The van der Waals surface area contributed by atoms with E-state index in [1.165, 1.54) is 20.0 Å². The van der Waals surface area contributed by atoms with Crippen LogP contribution in [0.25, 0.3) is 0 Å². The predicted molar refractivity (Wildman–Crippen MR) is 107 cm³/mol. The van der Waals surface area contributed by atoms with Crippen LogP contribution in [0.1, 0.15) is 28.9 Å². The molecule has 2 aliphatic rings. The van der Waals surface area contributed by atoms with Gasteiger partial charge >= 0.3 is 0 Å². The van der Waals surface area contributed by atoms with E-state index in [2.05, 4.69) is 19.8 Å². The molecule has 0 atom stereocenters. The van der Waals surface area contributed by atoms with Gasteiger partial charge in [0.25, 0.3) is 5.91 Å². The molecule has 4 heterocycles. The molecule has 0 unspecified atom stereocenters. The third-order valence-corrected chi connectivity index (χ3v) is 5.30. The molecular formula is C20H26N6O2. The van der Waals surface area contributed by atoms with Crippen molar-refractivity contribution in [1.82, 2.24) is 19.9 Å². The lowest BCUT2D eigenvalue weighted by molar-refractivity contribution is 0.0742. The number of piperazine rings is 1. The maximum absolute atomic E-state index is 12.9. The molecule has 4 rings (SSSR count). The number of aromatic nitrogens is 3. The number of hydrogen-bond donors (Lipinski definition) is 0. The van der Waals surface area contributed by atoms with Crippen LogP contribution in [-0.4, -0.2) is 72.1 Å². The summed E-state index contributed by atoms with van der Waals surface area (Å²) in [5, 5.41) is 0. The third-order valence-electron chi connectivity index (χ3n) is 5.30. The van der Waals surface area contributed by atoms with Crippen LogP contribution in [0, 0.1) is 6.92 Å². The highest BCUT2D eigenvalue weighted by atomic mass is 16.5. The van der Waals surface area contributed by atoms with Crippen LogP contribution in [0.3, 0.4) is 0 Å². The Hall–Kier alpha value is -2.90. The number of amides is 1. The number of carbonyl (C=O) groups is 1. The fraction of sp³-hybridized carbons (Fsp3) is 0.500. The molecule has 28 heavy (non-hydrogen) atoms. The van der Waals surface area contributed by atoms with Gasteiger partial charge in [-0.1, -0.05) is 0 Å². The third kappa shape index (κ3) is 3.72. The van der Waals surface area contributed by atoms with Gasteiger partial charge in [-0.15, -0.1) is 0 Å². The Kier molecular flexibility index (Phi) is 5.27. The lowest BCUT2D eigenvalue weighted by Crippen LogP contribution is -2.49. The topological polar surface area (TPSA) is 74.7 Å². The standard InChI is InChI=1S/C20H26N6O2/c1-15-14-17(23-20(22-15)26-8-3-4-9-26)24-10-12-25(13-11-24)19(27)16-6-5-7-21-18(16)28-2/h5-7,14H,3-4,8-13H2,1-2H3. The first kappa shape index (κ1) is 18.5. The number of pyridine rings is 1. The molecule has 0 radical (unpaired) electrons. The molecule has 148 valence electrons. The number of nitrogens with zero attached hydrogens (tertiary/aromatic N) is 6. The van der Waals surface area contributed by atoms with Crippen molar-refractivity contribution in [2.24, 2.45) is 0 Å². The summed E-state index contributed by atoms with van der Waals surface area (Å²) in [4.78, 5) is 32.8. The van der Waals surface area contributed by atoms with Crippen molar-refractivity contribution in [2.75, 3.05) is 56.2 Å². The molecule has 8 heteroatoms. The van der Waals surface area contributed by atoms with Crippen LogP contribution < -0.4 is 14.5 Å². The van der Waals surface area contributed by atoms with E-state index >= 15 is 0 Å². The quantitative estimate of drug-likeness (QED) is 0.797. The summed E-state index contributed by atoms with van der Waals surface area (Å²) >= 11 is 0. The van der Waals surface area contributed by atoms with Gasteiger partial charge in [-0.25, -0.2) is 9.97 Å². The van der Waals surface area contributed by atoms with Crippen molar-refractivity contribution < 1.29 is 9.53 Å². The minimum atomic E-state index is -0.0405. The first-order chi connectivity index (χ1) is 13.7. The molecule has 2 fully saturated rings. The summed E-state index contributed by atoms with van der Waals surface area (Å²) in [6, 6.07) is 5.55. The molecule has 0 saturated carbocycles. The minimum Gasteiger partial charge on any atom is -0.480 e. The number of rotatable bonds is 4. The molecule has 2 aromatic rings. The zero-order valence-electron chi connectivity index (χ0n) is 16.5. The van der Waals surface area contributed by atoms with Crippen LogP contribution in [0.4, 0.5) is 11.8 Å². The number of carbonyl (C=O) groups excluding carboxylic acids is 1. The number of aryl methyl sites for hydroxylation is 1. The molecule has 0 N–H and O–H groups in total. The van der Waals surface area contributed by atoms with Crippen molar-refractivity contribution in [2.45, 2.75) is 19.8 Å². The van der Waals surface area contributed by atoms with Crippen LogP contribution in [0.2, 0.25) is 0 Å². The van der Waals surface area contributed by atoms with Crippen molar-refractivity contribution >= 4 is 17.7 Å². The highest BCUT2D eigenvalue weighted by molar-refractivity contribution is 5.96. The fourth-order valence-corrected chi connectivity index (χ4v) is 3.78. The normalized spacial score (nSPS) is 17.1. The second-order valence-electron chi connectivity index (χ2n) is 7.20. The molecule has 0 aliphatic carbocycles. The van der Waals surface area contributed by atoms with Crippen LogP contribution in [0.15, 0.2) is 24.4 Å². The second kappa shape index (κ2) is 8.00. The van der Waals surface area contributed by atoms with E-state index in [0.717, 1.165) is 43.6 Å². The Morgan fingerprint density at radius 3 is 2.50 bits per heavy atom. The smallest absolute Gasteiger partial charge is 0.259 e. The SMILES string of the molecule is COc1ncccc1C(=O)N1CCN(c2cc(C)nc(N3CCCC3)n2)CC1. The summed E-state index contributed by atoms with van der Waals surface area (Å²) in [6.07, 6.45) is 4.03. The van der Waals surface area contributed by atoms with Gasteiger partial charge in [0, 0.05) is 57.2 Å². The highest BCUT2D eigenvalue weighted by Crippen LogP contribution is 2.23. The van der Waals surface area contributed by atoms with E-state index in [-0.39, 0.29) is 5.91 Å². The molecular weight excluding hydrogens is 356 g/mol. The van der Waals surface area contributed by atoms with Crippen molar-refractivity contribution in [3.05, 3.63) is 35.7 Å². The lowest BCUT2D eigenvalue weighted by atomic mass is 10.2. The molecule has 2 saturated heterocycles. The summed E-state index contributed by atoms with van der Waals surface area (Å²) < 4.78 is 5.23. The predicted octanol–water partition coefficient (Wildman–Crippen LogP) is 1.75. The van der Waals surface area contributed by atoms with Gasteiger partial charge in [-0.2, -0.15) is 4.98 Å². The maximum atomic E-state index is 12.9. The number of methoxy groups -OCH3 is 1. The maximum Gasteiger partial charge on any atom is 0.259 e. The van der Waals surface area contributed by atoms with E-state index < -0.39 is 0 Å². The number of ether oxygens (including phenoxy) is 1. The van der Waals surface area contributed by atoms with E-state index in [0.29, 0.717) is 24.5 Å². The van der Waals surface area contributed by atoms with Gasteiger partial charge in [0.05, 0.1) is 7.11 Å². The molecule has 2 aliphatic heterocycles. The van der Waals surface area contributed by atoms with E-state index in [4.69, 9.17) is 9.72 Å². The van der Waals surface area contributed by atoms with Gasteiger partial charge in [0.2, 0.25) is 11.8 Å². The first-order valence-electron chi connectivity index (χ1n) is 9.79. The summed E-state index contributed by atoms with van der Waals surface area (Å²) in [5.74, 6) is 2.10. The van der Waals surface area contributed by atoms with Crippen LogP contribution >= 0.6 is 0 Å². The van der Waals surface area contributed by atoms with Crippen LogP contribution in [-0.2, 0) is 0 Å². The Morgan fingerprint density at radius 2 is 1.79 bits per heavy atom. The Bertz CT molecular complexity index is 844. The minimum absolute atomic E-state index is 0.0405. The largest absolute Gasteiger partial charge is 0.480 e. The number of anilines is 2. The molecule has 0 aromatic carbocycles. The second-order valence-corrected chi connectivity index (χ2v) is 7.20. The molecule has 2 aromatic heterocycles. The van der Waals surface area contributed by atoms with Gasteiger partial charge in [0.15, 0.2) is 0 Å². The Balaban J connectivity index is 1.45. The molecule has 8 nitrogen and oxygen atoms in total. The van der Waals surface area contributed by atoms with Gasteiger partial charge in [-0.3, -0.25) is 4.79 Å². The van der Waals surface area contributed by atoms with Gasteiger partial charge in [0.1, 0.15) is 11.4 Å². The number of hydrogen-bond acceptors (Lipinski definition) is 7. The molecule has 0 spiro atoms. The Morgan fingerprint density at radius 1 is 1.04 bits per heavy atom. The van der Waals surface area contributed by atoms with Crippen LogP contribution in [0.5, 0.6) is 5.88 Å². The Labute approximate surface area is 165 Å². The van der Waals surface area contributed by atoms with E-state index in [9.17, 15) is 4.79 Å². The monoisotopic (exact) mass is 382 g/mol. The zero-order valence-corrected chi connectivity index (χ0v) is 16.5. The summed E-state index contributed by atoms with van der Waals surface area (Å²) in [6.45, 7) is 6.82. The van der Waals surface area contributed by atoms with E-state index in [1.807, 2.05) is 17.9 Å². The zero-order chi connectivity index (χ0) is 19.5. The van der Waals surface area contributed by atoms with Crippen molar-refractivity contribution in [3.63, 3.8) is 0 Å². The lowest BCUT2D eigenvalue weighted by Gasteiger charge is -2.35. The summed E-state index contributed by atoms with van der Waals surface area (Å²) in [7, 11) is 1.53. The average Bonchev–Trinajstić information content (AvgIpc) is 3.28. The van der Waals surface area contributed by atoms with Gasteiger partial charge < -0.3 is 19.4 Å². The average molecular weight is 382 g/mol. The molecule has 0 bridgehead atoms. The van der Waals surface area contributed by atoms with Crippen molar-refractivity contribution in [3.8, 4) is 5.88 Å². The van der Waals surface area contributed by atoms with Crippen molar-refractivity contribution in [1.29, 1.82) is 0 Å². The summed E-state index contributed by atoms with van der Waals surface area (Å²) in [5.41, 5.74) is 1.48. The van der Waals surface area contributed by atoms with E-state index in [1.54, 1.807) is 18.3 Å².